The van der Waals surface area contributed by atoms with Crippen LogP contribution in [0.5, 0.6) is 5.75 Å². The summed E-state index contributed by atoms with van der Waals surface area (Å²) in [6.45, 7) is 1.48. The second-order valence-electron chi connectivity index (χ2n) is 5.26. The molecule has 2 aromatic carbocycles. The minimum absolute atomic E-state index is 0.00955. The fourth-order valence-corrected chi connectivity index (χ4v) is 4.03. The third kappa shape index (κ3) is 3.51. The summed E-state index contributed by atoms with van der Waals surface area (Å²) in [5, 5.41) is 2.51. The molecule has 2 N–H and O–H groups in total. The molecular formula is C15H11Cl2FN2O4S. The van der Waals surface area contributed by atoms with Gasteiger partial charge in [-0.2, -0.15) is 0 Å². The molecule has 1 heterocycles. The largest absolute Gasteiger partial charge is 0.477 e. The molecule has 0 saturated carbocycles. The molecule has 1 aliphatic heterocycles. The van der Waals surface area contributed by atoms with E-state index in [9.17, 15) is 17.6 Å². The summed E-state index contributed by atoms with van der Waals surface area (Å²) in [5.41, 5.74) is 0.130. The van der Waals surface area contributed by atoms with E-state index in [2.05, 4.69) is 10.0 Å². The summed E-state index contributed by atoms with van der Waals surface area (Å²) in [7, 11) is -4.17. The minimum atomic E-state index is -4.17. The molecule has 10 heteroatoms. The Balaban J connectivity index is 2.07. The number of ether oxygens (including phenoxy) is 1. The van der Waals surface area contributed by atoms with Crippen molar-refractivity contribution in [3.8, 4) is 5.75 Å². The summed E-state index contributed by atoms with van der Waals surface area (Å²) in [6, 6.07) is 5.80. The van der Waals surface area contributed by atoms with Crippen molar-refractivity contribution >= 4 is 50.5 Å². The van der Waals surface area contributed by atoms with Crippen molar-refractivity contribution in [2.75, 3.05) is 10.0 Å². The van der Waals surface area contributed by atoms with E-state index in [1.54, 1.807) is 0 Å². The topological polar surface area (TPSA) is 84.5 Å². The summed E-state index contributed by atoms with van der Waals surface area (Å²) < 4.78 is 46.3. The molecule has 132 valence electrons. The van der Waals surface area contributed by atoms with Gasteiger partial charge in [-0.1, -0.05) is 23.2 Å². The average molecular weight is 405 g/mol. The first-order chi connectivity index (χ1) is 11.7. The lowest BCUT2D eigenvalue weighted by atomic mass is 10.2. The van der Waals surface area contributed by atoms with Crippen molar-refractivity contribution < 1.29 is 22.3 Å². The van der Waals surface area contributed by atoms with Gasteiger partial charge in [-0.25, -0.2) is 12.8 Å². The van der Waals surface area contributed by atoms with Crippen LogP contribution < -0.4 is 14.8 Å². The summed E-state index contributed by atoms with van der Waals surface area (Å²) >= 11 is 11.8. The van der Waals surface area contributed by atoms with Crippen molar-refractivity contribution in [2.45, 2.75) is 17.9 Å². The van der Waals surface area contributed by atoms with E-state index in [4.69, 9.17) is 27.9 Å². The van der Waals surface area contributed by atoms with E-state index in [1.807, 2.05) is 0 Å². The van der Waals surface area contributed by atoms with Crippen molar-refractivity contribution in [1.29, 1.82) is 0 Å². The Kier molecular flexibility index (Phi) is 4.52. The van der Waals surface area contributed by atoms with Crippen LogP contribution >= 0.6 is 23.2 Å². The maximum Gasteiger partial charge on any atom is 0.265 e. The number of amides is 1. The van der Waals surface area contributed by atoms with E-state index in [-0.39, 0.29) is 32.1 Å². The van der Waals surface area contributed by atoms with E-state index in [0.717, 1.165) is 12.1 Å². The maximum atomic E-state index is 13.1. The molecule has 25 heavy (non-hydrogen) atoms. The number of rotatable bonds is 3. The molecule has 2 aromatic rings. The molecular weight excluding hydrogens is 394 g/mol. The van der Waals surface area contributed by atoms with Crippen molar-refractivity contribution in [3.05, 3.63) is 46.2 Å². The number of carbonyl (C=O) groups excluding carboxylic acids is 1. The molecule has 6 nitrogen and oxygen atoms in total. The van der Waals surface area contributed by atoms with Gasteiger partial charge in [0.2, 0.25) is 0 Å². The normalized spacial score (nSPS) is 16.6. The van der Waals surface area contributed by atoms with Crippen LogP contribution in [0.25, 0.3) is 0 Å². The van der Waals surface area contributed by atoms with Gasteiger partial charge in [-0.3, -0.25) is 9.52 Å². The van der Waals surface area contributed by atoms with Crippen molar-refractivity contribution in [3.63, 3.8) is 0 Å². The molecule has 0 radical (unpaired) electrons. The van der Waals surface area contributed by atoms with Gasteiger partial charge in [0, 0.05) is 5.02 Å². The lowest BCUT2D eigenvalue weighted by molar-refractivity contribution is -0.122. The van der Waals surface area contributed by atoms with Crippen molar-refractivity contribution in [1.82, 2.24) is 0 Å². The van der Waals surface area contributed by atoms with Gasteiger partial charge in [0.1, 0.15) is 10.7 Å². The number of anilines is 2. The fourth-order valence-electron chi connectivity index (χ4n) is 2.22. The lowest BCUT2D eigenvalue weighted by Gasteiger charge is -2.25. The Hall–Kier alpha value is -2.03. The number of fused-ring (bicyclic) bond motifs is 1. The van der Waals surface area contributed by atoms with Crippen LogP contribution in [-0.2, 0) is 14.8 Å². The molecule has 0 saturated heterocycles. The van der Waals surface area contributed by atoms with Gasteiger partial charge in [0.05, 0.1) is 16.4 Å². The Labute approximate surface area is 152 Å². The lowest BCUT2D eigenvalue weighted by Crippen LogP contribution is -2.35. The quantitative estimate of drug-likeness (QED) is 0.817. The molecule has 0 aliphatic carbocycles. The standard InChI is InChI=1S/C15H11Cl2FN2O4S/c1-7-15(21)19-12-4-8(16)5-13(14(12)24-7)25(22,23)20-11-3-2-9(18)6-10(11)17/h2-7,20H,1H3,(H,19,21). The van der Waals surface area contributed by atoms with E-state index >= 15 is 0 Å². The van der Waals surface area contributed by atoms with Crippen LogP contribution in [-0.4, -0.2) is 20.4 Å². The number of halogens is 3. The number of sulfonamides is 1. The molecule has 3 rings (SSSR count). The van der Waals surface area contributed by atoms with Crippen LogP contribution in [0.3, 0.4) is 0 Å². The molecule has 1 atom stereocenters. The molecule has 0 bridgehead atoms. The fraction of sp³-hybridized carbons (Fsp3) is 0.133. The van der Waals surface area contributed by atoms with Crippen LogP contribution in [0.4, 0.5) is 15.8 Å². The third-order valence-corrected chi connectivity index (χ3v) is 5.31. The zero-order chi connectivity index (χ0) is 18.4. The van der Waals surface area contributed by atoms with Crippen molar-refractivity contribution in [2.24, 2.45) is 0 Å². The second kappa shape index (κ2) is 6.36. The van der Waals surface area contributed by atoms with E-state index in [0.29, 0.717) is 0 Å². The van der Waals surface area contributed by atoms with Gasteiger partial charge < -0.3 is 10.1 Å². The van der Waals surface area contributed by atoms with Gasteiger partial charge in [-0.15, -0.1) is 0 Å². The van der Waals surface area contributed by atoms with Crippen LogP contribution in [0.2, 0.25) is 10.0 Å². The van der Waals surface area contributed by atoms with E-state index in [1.165, 1.54) is 25.1 Å². The Morgan fingerprint density at radius 3 is 2.64 bits per heavy atom. The Morgan fingerprint density at radius 2 is 1.96 bits per heavy atom. The highest BCUT2D eigenvalue weighted by atomic mass is 35.5. The predicted molar refractivity (Wildman–Crippen MR) is 92.4 cm³/mol. The highest BCUT2D eigenvalue weighted by molar-refractivity contribution is 7.92. The van der Waals surface area contributed by atoms with Crippen LogP contribution in [0, 0.1) is 5.82 Å². The smallest absolute Gasteiger partial charge is 0.265 e. The Morgan fingerprint density at radius 1 is 1.24 bits per heavy atom. The molecule has 1 aliphatic rings. The number of hydrogen-bond acceptors (Lipinski definition) is 4. The van der Waals surface area contributed by atoms with Gasteiger partial charge >= 0.3 is 0 Å². The molecule has 0 fully saturated rings. The van der Waals surface area contributed by atoms with Gasteiger partial charge in [0.25, 0.3) is 15.9 Å². The van der Waals surface area contributed by atoms with Crippen LogP contribution in [0.1, 0.15) is 6.92 Å². The summed E-state index contributed by atoms with van der Waals surface area (Å²) in [4.78, 5) is 11.4. The van der Waals surface area contributed by atoms with Gasteiger partial charge in [0.15, 0.2) is 11.9 Å². The predicted octanol–water partition coefficient (Wildman–Crippen LogP) is 3.65. The number of benzene rings is 2. The monoisotopic (exact) mass is 404 g/mol. The summed E-state index contributed by atoms with van der Waals surface area (Å²) in [6.07, 6.45) is -0.878. The second-order valence-corrected chi connectivity index (χ2v) is 7.75. The maximum absolute atomic E-state index is 13.1. The molecule has 0 aromatic heterocycles. The molecule has 1 unspecified atom stereocenters. The minimum Gasteiger partial charge on any atom is -0.477 e. The zero-order valence-corrected chi connectivity index (χ0v) is 15.0. The number of hydrogen-bond donors (Lipinski definition) is 2. The number of nitrogens with one attached hydrogen (secondary N) is 2. The van der Waals surface area contributed by atoms with Gasteiger partial charge in [-0.05, 0) is 37.3 Å². The number of carbonyl (C=O) groups is 1. The first-order valence-corrected chi connectivity index (χ1v) is 9.20. The Bertz CT molecular complexity index is 982. The molecule has 0 spiro atoms. The average Bonchev–Trinajstić information content (AvgIpc) is 2.51. The zero-order valence-electron chi connectivity index (χ0n) is 12.6. The first-order valence-electron chi connectivity index (χ1n) is 6.96. The highest BCUT2D eigenvalue weighted by Crippen LogP contribution is 2.40. The SMILES string of the molecule is CC1Oc2c(cc(Cl)cc2S(=O)(=O)Nc2ccc(F)cc2Cl)NC1=O. The van der Waals surface area contributed by atoms with Crippen LogP contribution in [0.15, 0.2) is 35.2 Å². The molecule has 1 amide bonds. The summed E-state index contributed by atoms with van der Waals surface area (Å²) in [5.74, 6) is -1.07. The van der Waals surface area contributed by atoms with E-state index < -0.39 is 27.9 Å². The first kappa shape index (κ1) is 17.8. The third-order valence-electron chi connectivity index (χ3n) is 3.41. The highest BCUT2D eigenvalue weighted by Gasteiger charge is 2.31.